The highest BCUT2D eigenvalue weighted by Gasteiger charge is 2.15. The molecule has 1 aromatic rings. The van der Waals surface area contributed by atoms with Crippen molar-refractivity contribution in [1.29, 1.82) is 0 Å². The Morgan fingerprint density at radius 2 is 2.24 bits per heavy atom. The van der Waals surface area contributed by atoms with Crippen LogP contribution in [-0.2, 0) is 14.3 Å². The first-order valence-corrected chi connectivity index (χ1v) is 7.72. The predicted molar refractivity (Wildman–Crippen MR) is 82.0 cm³/mol. The van der Waals surface area contributed by atoms with Crippen LogP contribution < -0.4 is 11.1 Å². The Balaban J connectivity index is 2.36. The number of nitrogens with one attached hydrogen (secondary N) is 1. The van der Waals surface area contributed by atoms with Crippen LogP contribution in [0.4, 0.5) is 10.1 Å². The fraction of sp³-hybridized carbons (Fsp3) is 0.385. The second-order valence-corrected chi connectivity index (χ2v) is 5.51. The molecule has 1 atom stereocenters. The number of amides is 1. The van der Waals surface area contributed by atoms with Crippen LogP contribution in [0.3, 0.4) is 0 Å². The smallest absolute Gasteiger partial charge is 0.323 e. The molecule has 0 fully saturated rings. The Bertz CT molecular complexity index is 516. The van der Waals surface area contributed by atoms with Gasteiger partial charge in [-0.25, -0.2) is 4.39 Å². The molecule has 3 N–H and O–H groups in total. The lowest BCUT2D eigenvalue weighted by Crippen LogP contribution is -2.35. The van der Waals surface area contributed by atoms with E-state index in [4.69, 9.17) is 22.1 Å². The van der Waals surface area contributed by atoms with Crippen molar-refractivity contribution in [2.45, 2.75) is 13.0 Å². The highest BCUT2D eigenvalue weighted by Crippen LogP contribution is 2.19. The van der Waals surface area contributed by atoms with E-state index in [0.717, 1.165) is 6.07 Å². The summed E-state index contributed by atoms with van der Waals surface area (Å²) in [5.74, 6) is -1.21. The minimum atomic E-state index is -0.782. The normalized spacial score (nSPS) is 11.8. The molecule has 1 aromatic carbocycles. The van der Waals surface area contributed by atoms with Gasteiger partial charge >= 0.3 is 5.97 Å². The summed E-state index contributed by atoms with van der Waals surface area (Å²) in [6.45, 7) is 1.94. The van der Waals surface area contributed by atoms with E-state index in [1.165, 1.54) is 23.9 Å². The zero-order valence-corrected chi connectivity index (χ0v) is 13.0. The van der Waals surface area contributed by atoms with Gasteiger partial charge in [0, 0.05) is 10.8 Å². The minimum Gasteiger partial charge on any atom is -0.465 e. The standard InChI is InChI=1S/C13H16ClFN2O3S/c1-2-20-13(19)10(16)6-21-7-12(18)17-11-4-3-8(14)5-9(11)15/h3-5,10H,2,6-7,16H2,1H3,(H,17,18). The van der Waals surface area contributed by atoms with Crippen LogP contribution >= 0.6 is 23.4 Å². The largest absolute Gasteiger partial charge is 0.465 e. The van der Waals surface area contributed by atoms with E-state index in [0.29, 0.717) is 0 Å². The van der Waals surface area contributed by atoms with E-state index in [1.54, 1.807) is 6.92 Å². The fourth-order valence-corrected chi connectivity index (χ4v) is 2.30. The number of carbonyl (C=O) groups excluding carboxylic acids is 2. The van der Waals surface area contributed by atoms with E-state index in [9.17, 15) is 14.0 Å². The Kier molecular flexibility index (Phi) is 7.49. The van der Waals surface area contributed by atoms with Gasteiger partial charge in [-0.3, -0.25) is 9.59 Å². The molecule has 116 valence electrons. The molecule has 0 radical (unpaired) electrons. The van der Waals surface area contributed by atoms with Crippen LogP contribution in [0.25, 0.3) is 0 Å². The van der Waals surface area contributed by atoms with Gasteiger partial charge in [0.2, 0.25) is 5.91 Å². The number of halogens is 2. The van der Waals surface area contributed by atoms with Gasteiger partial charge in [0.1, 0.15) is 11.9 Å². The first kappa shape index (κ1) is 17.7. The first-order valence-electron chi connectivity index (χ1n) is 6.19. The van der Waals surface area contributed by atoms with Crippen LogP contribution in [0.1, 0.15) is 6.92 Å². The molecule has 0 aliphatic rings. The molecule has 0 spiro atoms. The molecule has 1 rings (SSSR count). The zero-order valence-electron chi connectivity index (χ0n) is 11.4. The van der Waals surface area contributed by atoms with Crippen molar-refractivity contribution >= 4 is 40.9 Å². The third kappa shape index (κ3) is 6.33. The third-order valence-corrected chi connectivity index (χ3v) is 3.62. The van der Waals surface area contributed by atoms with E-state index in [1.807, 2.05) is 0 Å². The maximum Gasteiger partial charge on any atom is 0.323 e. The summed E-state index contributed by atoms with van der Waals surface area (Å²) >= 11 is 6.78. The Labute approximate surface area is 131 Å². The number of hydrogen-bond donors (Lipinski definition) is 2. The summed E-state index contributed by atoms with van der Waals surface area (Å²) in [4.78, 5) is 22.9. The second-order valence-electron chi connectivity index (χ2n) is 4.05. The molecule has 0 aromatic heterocycles. The molecule has 5 nitrogen and oxygen atoms in total. The van der Waals surface area contributed by atoms with Crippen LogP contribution in [0.15, 0.2) is 18.2 Å². The molecule has 0 heterocycles. The zero-order chi connectivity index (χ0) is 15.8. The van der Waals surface area contributed by atoms with Crippen molar-refractivity contribution in [3.63, 3.8) is 0 Å². The molecule has 0 saturated heterocycles. The number of esters is 1. The van der Waals surface area contributed by atoms with Crippen LogP contribution in [0.2, 0.25) is 5.02 Å². The maximum atomic E-state index is 13.5. The van der Waals surface area contributed by atoms with Gasteiger partial charge in [0.25, 0.3) is 0 Å². The van der Waals surface area contributed by atoms with Gasteiger partial charge in [-0.15, -0.1) is 11.8 Å². The van der Waals surface area contributed by atoms with Crippen LogP contribution in [-0.4, -0.2) is 36.0 Å². The number of carbonyl (C=O) groups is 2. The molecule has 8 heteroatoms. The van der Waals surface area contributed by atoms with Gasteiger partial charge in [-0.05, 0) is 25.1 Å². The molecular weight excluding hydrogens is 319 g/mol. The molecule has 0 aliphatic carbocycles. The number of anilines is 1. The number of benzene rings is 1. The maximum absolute atomic E-state index is 13.5. The topological polar surface area (TPSA) is 81.4 Å². The molecule has 21 heavy (non-hydrogen) atoms. The molecule has 1 amide bonds. The van der Waals surface area contributed by atoms with Gasteiger partial charge in [0.15, 0.2) is 0 Å². The summed E-state index contributed by atoms with van der Waals surface area (Å²) in [7, 11) is 0. The van der Waals surface area contributed by atoms with Crippen molar-refractivity contribution in [1.82, 2.24) is 0 Å². The average Bonchev–Trinajstić information content (AvgIpc) is 2.42. The minimum absolute atomic E-state index is 0.0508. The number of nitrogens with two attached hydrogens (primary N) is 1. The predicted octanol–water partition coefficient (Wildman–Crippen LogP) is 2.04. The Morgan fingerprint density at radius 3 is 2.86 bits per heavy atom. The lowest BCUT2D eigenvalue weighted by Gasteiger charge is -2.10. The van der Waals surface area contributed by atoms with Gasteiger partial charge in [0.05, 0.1) is 18.0 Å². The monoisotopic (exact) mass is 334 g/mol. The summed E-state index contributed by atoms with van der Waals surface area (Å²) in [6, 6.07) is 3.19. The van der Waals surface area contributed by atoms with Crippen LogP contribution in [0, 0.1) is 5.82 Å². The van der Waals surface area contributed by atoms with Crippen molar-refractivity contribution < 1.29 is 18.7 Å². The van der Waals surface area contributed by atoms with Gasteiger partial charge < -0.3 is 15.8 Å². The Morgan fingerprint density at radius 1 is 1.52 bits per heavy atom. The molecule has 1 unspecified atom stereocenters. The summed E-state index contributed by atoms with van der Waals surface area (Å²) in [6.07, 6.45) is 0. The molecule has 0 bridgehead atoms. The van der Waals surface area contributed by atoms with Gasteiger partial charge in [-0.2, -0.15) is 0 Å². The lowest BCUT2D eigenvalue weighted by molar-refractivity contribution is -0.144. The van der Waals surface area contributed by atoms with E-state index in [-0.39, 0.29) is 28.8 Å². The number of thioether (sulfide) groups is 1. The van der Waals surface area contributed by atoms with Crippen molar-refractivity contribution in [3.8, 4) is 0 Å². The van der Waals surface area contributed by atoms with Gasteiger partial charge in [-0.1, -0.05) is 11.6 Å². The SMILES string of the molecule is CCOC(=O)C(N)CSCC(=O)Nc1ccc(Cl)cc1F. The molecule has 0 saturated carbocycles. The second kappa shape index (κ2) is 8.86. The summed E-state index contributed by atoms with van der Waals surface area (Å²) in [5.41, 5.74) is 5.64. The quantitative estimate of drug-likeness (QED) is 0.746. The number of hydrogen-bond acceptors (Lipinski definition) is 5. The third-order valence-electron chi connectivity index (χ3n) is 2.33. The average molecular weight is 335 g/mol. The highest BCUT2D eigenvalue weighted by atomic mass is 35.5. The fourth-order valence-electron chi connectivity index (χ4n) is 1.37. The van der Waals surface area contributed by atoms with E-state index < -0.39 is 23.7 Å². The van der Waals surface area contributed by atoms with Crippen molar-refractivity contribution in [2.75, 3.05) is 23.4 Å². The van der Waals surface area contributed by atoms with Crippen LogP contribution in [0.5, 0.6) is 0 Å². The van der Waals surface area contributed by atoms with Crippen molar-refractivity contribution in [2.24, 2.45) is 5.73 Å². The molecule has 0 aliphatic heterocycles. The number of rotatable bonds is 7. The summed E-state index contributed by atoms with van der Waals surface area (Å²) < 4.78 is 18.2. The number of ether oxygens (including phenoxy) is 1. The Hall–Kier alpha value is -1.31. The summed E-state index contributed by atoms with van der Waals surface area (Å²) in [5, 5.41) is 2.67. The first-order chi connectivity index (χ1) is 9.93. The van der Waals surface area contributed by atoms with Crippen molar-refractivity contribution in [3.05, 3.63) is 29.0 Å². The highest BCUT2D eigenvalue weighted by molar-refractivity contribution is 8.00. The van der Waals surface area contributed by atoms with E-state index in [2.05, 4.69) is 5.32 Å². The molecular formula is C13H16ClFN2O3S. The lowest BCUT2D eigenvalue weighted by atomic mass is 10.3. The van der Waals surface area contributed by atoms with E-state index >= 15 is 0 Å².